The number of methoxy groups -OCH3 is 1. The fourth-order valence-electron chi connectivity index (χ4n) is 3.33. The van der Waals surface area contributed by atoms with Gasteiger partial charge in [0.05, 0.1) is 12.0 Å². The van der Waals surface area contributed by atoms with Crippen LogP contribution in [0.1, 0.15) is 36.6 Å². The Morgan fingerprint density at radius 2 is 1.86 bits per heavy atom. The van der Waals surface area contributed by atoms with Gasteiger partial charge in [0.2, 0.25) is 0 Å². The maximum Gasteiger partial charge on any atom is 0.357 e. The molecule has 0 spiro atoms. The summed E-state index contributed by atoms with van der Waals surface area (Å²) in [7, 11) is 1.42. The molecule has 1 aromatic heterocycles. The zero-order valence-corrected chi connectivity index (χ0v) is 19.3. The highest BCUT2D eigenvalue weighted by atomic mass is 16.6. The molecule has 2 aromatic carbocycles. The van der Waals surface area contributed by atoms with E-state index in [4.69, 9.17) is 9.47 Å². The molecule has 3 aromatic rings. The number of nitrogens with one attached hydrogen (secondary N) is 3. The number of anilines is 1. The minimum absolute atomic E-state index is 0.238. The SMILES string of the molecule is COc1cc(C=Cc2[nH]c(=O)[nH]c(=O)c2[N+](=O)[O-])ccc1OCC(=O)Nc1ccccc1C(C)C. The molecule has 11 heteroatoms. The van der Waals surface area contributed by atoms with Crippen LogP contribution < -0.4 is 26.0 Å². The average Bonchev–Trinajstić information content (AvgIpc) is 2.81. The van der Waals surface area contributed by atoms with E-state index in [-0.39, 0.29) is 24.1 Å². The number of carbonyl (C=O) groups excluding carboxylic acids is 1. The van der Waals surface area contributed by atoms with Crippen LogP contribution in [0.25, 0.3) is 12.2 Å². The number of hydrogen-bond donors (Lipinski definition) is 3. The van der Waals surface area contributed by atoms with E-state index in [2.05, 4.69) is 10.3 Å². The van der Waals surface area contributed by atoms with Crippen LogP contribution in [0.3, 0.4) is 0 Å². The zero-order chi connectivity index (χ0) is 25.5. The standard InChI is InChI=1S/C24H24N4O7/c1-14(2)16-6-4-5-7-17(16)25-21(29)13-35-19-11-9-15(12-20(19)34-3)8-10-18-22(28(32)33)23(30)27-24(31)26-18/h4-12,14H,13H2,1-3H3,(H,25,29)(H2,26,27,30,31). The molecule has 182 valence electrons. The van der Waals surface area contributed by atoms with E-state index in [0.717, 1.165) is 11.3 Å². The zero-order valence-electron chi connectivity index (χ0n) is 19.3. The largest absolute Gasteiger partial charge is 0.493 e. The van der Waals surface area contributed by atoms with Crippen molar-refractivity contribution in [1.82, 2.24) is 9.97 Å². The van der Waals surface area contributed by atoms with Gasteiger partial charge >= 0.3 is 16.9 Å². The van der Waals surface area contributed by atoms with E-state index < -0.39 is 21.9 Å². The monoisotopic (exact) mass is 480 g/mol. The van der Waals surface area contributed by atoms with Crippen LogP contribution in [-0.4, -0.2) is 34.5 Å². The van der Waals surface area contributed by atoms with Gasteiger partial charge in [0.1, 0.15) is 5.69 Å². The highest BCUT2D eigenvalue weighted by Gasteiger charge is 2.19. The highest BCUT2D eigenvalue weighted by Crippen LogP contribution is 2.29. The summed E-state index contributed by atoms with van der Waals surface area (Å²) in [6, 6.07) is 12.3. The molecule has 0 saturated carbocycles. The number of hydrogen-bond acceptors (Lipinski definition) is 7. The lowest BCUT2D eigenvalue weighted by Gasteiger charge is -2.15. The molecule has 11 nitrogen and oxygen atoms in total. The Bertz CT molecular complexity index is 1390. The van der Waals surface area contributed by atoms with Crippen molar-refractivity contribution in [1.29, 1.82) is 0 Å². The van der Waals surface area contributed by atoms with Gasteiger partial charge in [-0.25, -0.2) is 4.79 Å². The Kier molecular flexibility index (Phi) is 7.82. The molecule has 0 unspecified atom stereocenters. The Labute approximate surface area is 199 Å². The second-order valence-electron chi connectivity index (χ2n) is 7.75. The van der Waals surface area contributed by atoms with Crippen LogP contribution in [-0.2, 0) is 4.79 Å². The molecule has 0 radical (unpaired) electrons. The van der Waals surface area contributed by atoms with Crippen LogP contribution in [0.5, 0.6) is 11.5 Å². The first-order chi connectivity index (χ1) is 16.7. The molecule has 3 rings (SSSR count). The van der Waals surface area contributed by atoms with Crippen molar-refractivity contribution >= 4 is 29.4 Å². The molecule has 35 heavy (non-hydrogen) atoms. The molecular formula is C24H24N4O7. The predicted molar refractivity (Wildman–Crippen MR) is 131 cm³/mol. The molecule has 1 heterocycles. The third-order valence-corrected chi connectivity index (χ3v) is 4.97. The van der Waals surface area contributed by atoms with Crippen LogP contribution in [0, 0.1) is 10.1 Å². The Balaban J connectivity index is 1.74. The third kappa shape index (κ3) is 6.22. The van der Waals surface area contributed by atoms with Crippen molar-refractivity contribution in [3.63, 3.8) is 0 Å². The van der Waals surface area contributed by atoms with Crippen molar-refractivity contribution in [3.8, 4) is 11.5 Å². The molecule has 3 N–H and O–H groups in total. The van der Waals surface area contributed by atoms with Crippen molar-refractivity contribution in [2.75, 3.05) is 19.0 Å². The van der Waals surface area contributed by atoms with E-state index in [1.165, 1.54) is 19.3 Å². The number of aromatic nitrogens is 2. The molecule has 0 fully saturated rings. The maximum atomic E-state index is 12.4. The molecular weight excluding hydrogens is 456 g/mol. The first-order valence-electron chi connectivity index (χ1n) is 10.6. The Morgan fingerprint density at radius 1 is 1.11 bits per heavy atom. The van der Waals surface area contributed by atoms with Gasteiger partial charge in [-0.05, 0) is 41.3 Å². The fourth-order valence-corrected chi connectivity index (χ4v) is 3.33. The lowest BCUT2D eigenvalue weighted by atomic mass is 10.0. The quantitative estimate of drug-likeness (QED) is 0.313. The van der Waals surface area contributed by atoms with Crippen molar-refractivity contribution in [2.24, 2.45) is 0 Å². The predicted octanol–water partition coefficient (Wildman–Crippen LogP) is 3.29. The number of amides is 1. The Hall–Kier alpha value is -4.67. The lowest BCUT2D eigenvalue weighted by Crippen LogP contribution is -2.25. The topological polar surface area (TPSA) is 156 Å². The highest BCUT2D eigenvalue weighted by molar-refractivity contribution is 5.92. The van der Waals surface area contributed by atoms with Gasteiger partial charge in [-0.3, -0.25) is 24.7 Å². The molecule has 0 saturated heterocycles. The van der Waals surface area contributed by atoms with Crippen molar-refractivity contribution < 1.29 is 19.2 Å². The number of H-pyrrole nitrogens is 2. The summed E-state index contributed by atoms with van der Waals surface area (Å²) in [5.74, 6) is 0.528. The van der Waals surface area contributed by atoms with Crippen LogP contribution in [0.2, 0.25) is 0 Å². The van der Waals surface area contributed by atoms with E-state index in [9.17, 15) is 24.5 Å². The van der Waals surface area contributed by atoms with E-state index in [0.29, 0.717) is 17.1 Å². The molecule has 1 amide bonds. The summed E-state index contributed by atoms with van der Waals surface area (Å²) in [4.78, 5) is 50.0. The van der Waals surface area contributed by atoms with Crippen molar-refractivity contribution in [3.05, 3.63) is 90.2 Å². The average molecular weight is 480 g/mol. The van der Waals surface area contributed by atoms with E-state index in [1.807, 2.05) is 43.1 Å². The molecule has 0 aliphatic heterocycles. The smallest absolute Gasteiger partial charge is 0.357 e. The molecule has 0 atom stereocenters. The van der Waals surface area contributed by atoms with Gasteiger partial charge in [0.25, 0.3) is 5.91 Å². The number of ether oxygens (including phenoxy) is 2. The number of benzene rings is 2. The van der Waals surface area contributed by atoms with Gasteiger partial charge in [-0.15, -0.1) is 0 Å². The number of carbonyl (C=O) groups is 1. The first kappa shape index (κ1) is 25.0. The summed E-state index contributed by atoms with van der Waals surface area (Å²) in [6.45, 7) is 3.82. The van der Waals surface area contributed by atoms with Gasteiger partial charge in [-0.2, -0.15) is 0 Å². The van der Waals surface area contributed by atoms with Gasteiger partial charge in [0.15, 0.2) is 18.1 Å². The van der Waals surface area contributed by atoms with Crippen molar-refractivity contribution in [2.45, 2.75) is 19.8 Å². The number of para-hydroxylation sites is 1. The number of nitro groups is 1. The number of nitrogens with zero attached hydrogens (tertiary/aromatic N) is 1. The van der Waals surface area contributed by atoms with Gasteiger partial charge in [-0.1, -0.05) is 44.2 Å². The van der Waals surface area contributed by atoms with E-state index in [1.54, 1.807) is 18.2 Å². The minimum Gasteiger partial charge on any atom is -0.493 e. The summed E-state index contributed by atoms with van der Waals surface area (Å²) < 4.78 is 10.9. The third-order valence-electron chi connectivity index (χ3n) is 4.97. The summed E-state index contributed by atoms with van der Waals surface area (Å²) in [5, 5.41) is 14.0. The number of rotatable bonds is 9. The molecule has 0 aliphatic carbocycles. The fraction of sp³-hybridized carbons (Fsp3) is 0.208. The van der Waals surface area contributed by atoms with Crippen LogP contribution in [0.15, 0.2) is 52.1 Å². The van der Waals surface area contributed by atoms with Crippen LogP contribution in [0.4, 0.5) is 11.4 Å². The summed E-state index contributed by atoms with van der Waals surface area (Å²) in [5.41, 5.74) is -0.726. The Morgan fingerprint density at radius 3 is 2.54 bits per heavy atom. The van der Waals surface area contributed by atoms with Gasteiger partial charge in [0, 0.05) is 5.69 Å². The normalized spacial score (nSPS) is 11.0. The first-order valence-corrected chi connectivity index (χ1v) is 10.6. The molecule has 0 aliphatic rings. The van der Waals surface area contributed by atoms with Gasteiger partial charge < -0.3 is 19.8 Å². The maximum absolute atomic E-state index is 12.4. The summed E-state index contributed by atoms with van der Waals surface area (Å²) in [6.07, 6.45) is 2.70. The minimum atomic E-state index is -1.10. The molecule has 0 bridgehead atoms. The second kappa shape index (κ2) is 11.0. The lowest BCUT2D eigenvalue weighted by molar-refractivity contribution is -0.386. The number of aromatic amines is 2. The van der Waals surface area contributed by atoms with Crippen LogP contribution >= 0.6 is 0 Å². The summed E-state index contributed by atoms with van der Waals surface area (Å²) >= 11 is 0. The van der Waals surface area contributed by atoms with E-state index >= 15 is 0 Å². The second-order valence-corrected chi connectivity index (χ2v) is 7.75.